The highest BCUT2D eigenvalue weighted by Crippen LogP contribution is 2.33. The molecule has 27 heavy (non-hydrogen) atoms. The van der Waals surface area contributed by atoms with Crippen molar-refractivity contribution < 1.29 is 18.0 Å². The van der Waals surface area contributed by atoms with Gasteiger partial charge in [-0.25, -0.2) is 4.98 Å². The molecule has 2 rings (SSSR count). The van der Waals surface area contributed by atoms with E-state index in [0.29, 0.717) is 0 Å². The third-order valence-corrected chi connectivity index (χ3v) is 3.99. The molecule has 148 valence electrons. The van der Waals surface area contributed by atoms with Gasteiger partial charge in [-0.3, -0.25) is 14.0 Å². The summed E-state index contributed by atoms with van der Waals surface area (Å²) in [5.74, 6) is -0.434. The van der Waals surface area contributed by atoms with Crippen molar-refractivity contribution in [2.24, 2.45) is 11.1 Å². The maximum Gasteiger partial charge on any atom is 0.419 e. The average molecular weight is 384 g/mol. The largest absolute Gasteiger partial charge is 0.419 e. The van der Waals surface area contributed by atoms with Crippen molar-refractivity contribution in [2.45, 2.75) is 52.8 Å². The number of anilines is 1. The van der Waals surface area contributed by atoms with Crippen LogP contribution in [0.5, 0.6) is 0 Å². The number of rotatable bonds is 6. The molecule has 2 aromatic rings. The first kappa shape index (κ1) is 20.7. The van der Waals surface area contributed by atoms with E-state index >= 15 is 0 Å². The van der Waals surface area contributed by atoms with Crippen LogP contribution in [0.25, 0.3) is 5.65 Å². The van der Waals surface area contributed by atoms with E-state index < -0.39 is 34.3 Å². The Bertz CT molecular complexity index is 917. The fraction of sp³-hybridized carbons (Fsp3) is 0.500. The zero-order valence-electron chi connectivity index (χ0n) is 15.6. The zero-order valence-corrected chi connectivity index (χ0v) is 15.6. The lowest BCUT2D eigenvalue weighted by Crippen LogP contribution is -2.31. The minimum Gasteiger partial charge on any atom is -0.370 e. The normalized spacial score (nSPS) is 12.6. The van der Waals surface area contributed by atoms with Gasteiger partial charge in [0.25, 0.3) is 5.56 Å². The van der Waals surface area contributed by atoms with Crippen LogP contribution < -0.4 is 16.6 Å². The maximum absolute atomic E-state index is 13.3. The van der Waals surface area contributed by atoms with Gasteiger partial charge < -0.3 is 11.1 Å². The highest BCUT2D eigenvalue weighted by Gasteiger charge is 2.35. The number of halogens is 3. The van der Waals surface area contributed by atoms with Crippen molar-refractivity contribution >= 4 is 17.4 Å². The predicted octanol–water partition coefficient (Wildman–Crippen LogP) is 2.98. The Hall–Kier alpha value is -2.58. The van der Waals surface area contributed by atoms with Crippen molar-refractivity contribution in [1.29, 1.82) is 0 Å². The number of alkyl halides is 3. The van der Waals surface area contributed by atoms with E-state index in [4.69, 9.17) is 5.73 Å². The topological polar surface area (TPSA) is 89.5 Å². The minimum absolute atomic E-state index is 0.0266. The summed E-state index contributed by atoms with van der Waals surface area (Å²) >= 11 is 0. The molecule has 3 N–H and O–H groups in total. The second-order valence-corrected chi connectivity index (χ2v) is 7.64. The summed E-state index contributed by atoms with van der Waals surface area (Å²) in [7, 11) is 0. The highest BCUT2D eigenvalue weighted by molar-refractivity contribution is 5.74. The van der Waals surface area contributed by atoms with Gasteiger partial charge in [-0.1, -0.05) is 13.8 Å². The minimum atomic E-state index is -4.65. The summed E-state index contributed by atoms with van der Waals surface area (Å²) in [5, 5.41) is 2.95. The summed E-state index contributed by atoms with van der Waals surface area (Å²) in [6.07, 6.45) is -3.23. The molecular weight excluding hydrogens is 361 g/mol. The number of carbonyl (C=O) groups excluding carboxylic acids is 1. The van der Waals surface area contributed by atoms with Crippen molar-refractivity contribution in [3.8, 4) is 0 Å². The molecule has 9 heteroatoms. The number of pyridine rings is 1. The van der Waals surface area contributed by atoms with Crippen LogP contribution in [0.2, 0.25) is 0 Å². The van der Waals surface area contributed by atoms with Gasteiger partial charge in [0, 0.05) is 18.7 Å². The summed E-state index contributed by atoms with van der Waals surface area (Å²) < 4.78 is 40.9. The Kier molecular flexibility index (Phi) is 5.53. The molecule has 0 aliphatic carbocycles. The Labute approximate surface area is 154 Å². The van der Waals surface area contributed by atoms with E-state index in [1.807, 2.05) is 0 Å². The van der Waals surface area contributed by atoms with Crippen LogP contribution in [-0.4, -0.2) is 21.3 Å². The lowest BCUT2D eigenvalue weighted by Gasteiger charge is -2.25. The number of nitrogens with two attached hydrogens (primary N) is 1. The van der Waals surface area contributed by atoms with E-state index in [1.165, 1.54) is 6.20 Å². The SMILES string of the molecule is CC(C)Nc1nc2c(C(F)(F)F)cccn2c(=O)c1CC(C)(C)CC(N)=O. The maximum atomic E-state index is 13.3. The first-order valence-corrected chi connectivity index (χ1v) is 8.48. The van der Waals surface area contributed by atoms with Crippen LogP contribution in [0.15, 0.2) is 23.1 Å². The van der Waals surface area contributed by atoms with Gasteiger partial charge in [-0.2, -0.15) is 13.2 Å². The van der Waals surface area contributed by atoms with Gasteiger partial charge in [0.15, 0.2) is 5.65 Å². The van der Waals surface area contributed by atoms with Crippen LogP contribution in [0.3, 0.4) is 0 Å². The van der Waals surface area contributed by atoms with Gasteiger partial charge in [-0.05, 0) is 37.8 Å². The lowest BCUT2D eigenvalue weighted by atomic mass is 9.82. The molecule has 0 spiro atoms. The number of amides is 1. The second-order valence-electron chi connectivity index (χ2n) is 7.64. The quantitative estimate of drug-likeness (QED) is 0.801. The van der Waals surface area contributed by atoms with Crippen LogP contribution in [0.1, 0.15) is 45.2 Å². The van der Waals surface area contributed by atoms with Crippen molar-refractivity contribution in [1.82, 2.24) is 9.38 Å². The van der Waals surface area contributed by atoms with Gasteiger partial charge in [0.2, 0.25) is 5.91 Å². The molecule has 2 aromatic heterocycles. The summed E-state index contributed by atoms with van der Waals surface area (Å²) in [6.45, 7) is 7.10. The molecule has 0 fully saturated rings. The second kappa shape index (κ2) is 7.21. The molecule has 0 saturated carbocycles. The molecule has 0 radical (unpaired) electrons. The smallest absolute Gasteiger partial charge is 0.370 e. The molecule has 0 aliphatic heterocycles. The Morgan fingerprint density at radius 2 is 1.96 bits per heavy atom. The van der Waals surface area contributed by atoms with Gasteiger partial charge in [0.1, 0.15) is 5.82 Å². The van der Waals surface area contributed by atoms with E-state index in [2.05, 4.69) is 10.3 Å². The van der Waals surface area contributed by atoms with Crippen LogP contribution >= 0.6 is 0 Å². The lowest BCUT2D eigenvalue weighted by molar-refractivity contribution is -0.136. The number of carbonyl (C=O) groups is 1. The Morgan fingerprint density at radius 3 is 2.48 bits per heavy atom. The van der Waals surface area contributed by atoms with Crippen LogP contribution in [0.4, 0.5) is 19.0 Å². The fourth-order valence-corrected chi connectivity index (χ4v) is 2.98. The van der Waals surface area contributed by atoms with Gasteiger partial charge >= 0.3 is 6.18 Å². The fourth-order valence-electron chi connectivity index (χ4n) is 2.98. The first-order valence-electron chi connectivity index (χ1n) is 8.48. The van der Waals surface area contributed by atoms with E-state index in [0.717, 1.165) is 16.5 Å². The molecular formula is C18H23F3N4O2. The molecule has 0 saturated heterocycles. The predicted molar refractivity (Wildman–Crippen MR) is 96.5 cm³/mol. The van der Waals surface area contributed by atoms with Crippen molar-refractivity contribution in [2.75, 3.05) is 5.32 Å². The number of fused-ring (bicyclic) bond motifs is 1. The molecule has 0 unspecified atom stereocenters. The molecule has 0 aliphatic rings. The van der Waals surface area contributed by atoms with E-state index in [9.17, 15) is 22.8 Å². The Balaban J connectivity index is 2.74. The standard InChI is InChI=1S/C18H23F3N4O2/c1-10(2)23-14-11(8-17(3,4)9-13(22)26)16(27)25-7-5-6-12(15(25)24-14)18(19,20)21/h5-7,10,23H,8-9H2,1-4H3,(H2,22,26). The average Bonchev–Trinajstić information content (AvgIpc) is 2.47. The number of primary amides is 1. The molecule has 1 amide bonds. The summed E-state index contributed by atoms with van der Waals surface area (Å²) in [4.78, 5) is 28.4. The number of aromatic nitrogens is 2. The van der Waals surface area contributed by atoms with Gasteiger partial charge in [-0.15, -0.1) is 0 Å². The third-order valence-electron chi connectivity index (χ3n) is 3.99. The van der Waals surface area contributed by atoms with E-state index in [-0.39, 0.29) is 30.3 Å². The van der Waals surface area contributed by atoms with E-state index in [1.54, 1.807) is 27.7 Å². The van der Waals surface area contributed by atoms with Crippen LogP contribution in [0, 0.1) is 5.41 Å². The molecule has 6 nitrogen and oxygen atoms in total. The molecule has 0 atom stereocenters. The van der Waals surface area contributed by atoms with Gasteiger partial charge in [0.05, 0.1) is 11.1 Å². The monoisotopic (exact) mass is 384 g/mol. The number of nitrogens with one attached hydrogen (secondary N) is 1. The van der Waals surface area contributed by atoms with Crippen LogP contribution in [-0.2, 0) is 17.4 Å². The number of hydrogen-bond acceptors (Lipinski definition) is 4. The van der Waals surface area contributed by atoms with Crippen molar-refractivity contribution in [3.63, 3.8) is 0 Å². The summed E-state index contributed by atoms with van der Waals surface area (Å²) in [5.41, 5.74) is 2.77. The number of hydrogen-bond donors (Lipinski definition) is 2. The molecule has 0 bridgehead atoms. The highest BCUT2D eigenvalue weighted by atomic mass is 19.4. The zero-order chi connectivity index (χ0) is 20.6. The molecule has 2 heterocycles. The third kappa shape index (κ3) is 4.78. The number of nitrogens with zero attached hydrogens (tertiary/aromatic N) is 2. The van der Waals surface area contributed by atoms with Crippen molar-refractivity contribution in [3.05, 3.63) is 39.8 Å². The first-order chi connectivity index (χ1) is 12.3. The summed E-state index contributed by atoms with van der Waals surface area (Å²) in [6, 6.07) is 1.89. The Morgan fingerprint density at radius 1 is 1.33 bits per heavy atom. The molecule has 0 aromatic carbocycles.